The highest BCUT2D eigenvalue weighted by molar-refractivity contribution is 5.61. The van der Waals surface area contributed by atoms with E-state index in [9.17, 15) is 0 Å². The summed E-state index contributed by atoms with van der Waals surface area (Å²) in [6.45, 7) is 0. The number of rotatable bonds is 3. The van der Waals surface area contributed by atoms with E-state index < -0.39 is 0 Å². The molecule has 1 N–H and O–H groups in total. The summed E-state index contributed by atoms with van der Waals surface area (Å²) in [5.41, 5.74) is 8.48. The zero-order valence-corrected chi connectivity index (χ0v) is 8.03. The molecule has 0 aliphatic heterocycles. The molecule has 4 heteroatoms. The van der Waals surface area contributed by atoms with Crippen molar-refractivity contribution < 1.29 is 4.74 Å². The molecule has 1 rings (SSSR count). The minimum absolute atomic E-state index is 0.549. The van der Waals surface area contributed by atoms with E-state index in [4.69, 9.17) is 10.3 Å². The van der Waals surface area contributed by atoms with Gasteiger partial charge in [-0.2, -0.15) is 5.11 Å². The summed E-state index contributed by atoms with van der Waals surface area (Å²) in [7, 11) is 5.47. The van der Waals surface area contributed by atoms with E-state index in [0.29, 0.717) is 11.4 Å². The molecular formula is C9H13N3O. The normalized spacial score (nSPS) is 9.46. The van der Waals surface area contributed by atoms with Crippen LogP contribution in [-0.4, -0.2) is 21.2 Å². The van der Waals surface area contributed by atoms with Crippen LogP contribution in [0.1, 0.15) is 0 Å². The first-order valence-electron chi connectivity index (χ1n) is 3.92. The van der Waals surface area contributed by atoms with E-state index in [1.165, 1.54) is 0 Å². The lowest BCUT2D eigenvalue weighted by molar-refractivity contribution is 0.415. The van der Waals surface area contributed by atoms with Crippen LogP contribution in [0, 0.1) is 5.53 Å². The average molecular weight is 179 g/mol. The van der Waals surface area contributed by atoms with Gasteiger partial charge in [0.1, 0.15) is 11.4 Å². The molecule has 0 fully saturated rings. The Morgan fingerprint density at radius 3 is 2.54 bits per heavy atom. The number of benzene rings is 1. The summed E-state index contributed by atoms with van der Waals surface area (Å²) in [4.78, 5) is 1.97. The fourth-order valence-corrected chi connectivity index (χ4v) is 1.04. The zero-order chi connectivity index (χ0) is 9.84. The van der Waals surface area contributed by atoms with Crippen molar-refractivity contribution in [3.05, 3.63) is 18.2 Å². The molecule has 0 heterocycles. The molecule has 0 radical (unpaired) electrons. The van der Waals surface area contributed by atoms with Gasteiger partial charge in [0.25, 0.3) is 0 Å². The second-order valence-electron chi connectivity index (χ2n) is 2.86. The van der Waals surface area contributed by atoms with Gasteiger partial charge in [-0.1, -0.05) is 0 Å². The van der Waals surface area contributed by atoms with Crippen LogP contribution in [0.3, 0.4) is 0 Å². The Kier molecular flexibility index (Phi) is 2.84. The van der Waals surface area contributed by atoms with Gasteiger partial charge in [-0.15, -0.1) is 0 Å². The number of methoxy groups -OCH3 is 1. The van der Waals surface area contributed by atoms with Gasteiger partial charge < -0.3 is 9.64 Å². The fraction of sp³-hybridized carbons (Fsp3) is 0.333. The molecule has 0 amide bonds. The molecule has 1 aromatic carbocycles. The smallest absolute Gasteiger partial charge is 0.148 e. The van der Waals surface area contributed by atoms with Gasteiger partial charge in [0, 0.05) is 25.8 Å². The topological polar surface area (TPSA) is 48.7 Å². The number of anilines is 1. The van der Waals surface area contributed by atoms with Gasteiger partial charge in [-0.05, 0) is 12.1 Å². The van der Waals surface area contributed by atoms with Crippen molar-refractivity contribution in [3.8, 4) is 5.75 Å². The van der Waals surface area contributed by atoms with E-state index in [1.54, 1.807) is 13.2 Å². The Morgan fingerprint density at radius 2 is 2.08 bits per heavy atom. The number of nitrogens with one attached hydrogen (secondary N) is 1. The van der Waals surface area contributed by atoms with Crippen LogP contribution < -0.4 is 9.64 Å². The highest BCUT2D eigenvalue weighted by atomic mass is 16.5. The molecule has 1 aromatic rings. The first-order valence-corrected chi connectivity index (χ1v) is 3.92. The second kappa shape index (κ2) is 3.89. The molecule has 4 nitrogen and oxygen atoms in total. The predicted molar refractivity (Wildman–Crippen MR) is 52.1 cm³/mol. The van der Waals surface area contributed by atoms with Crippen LogP contribution in [0.15, 0.2) is 23.3 Å². The maximum absolute atomic E-state index is 6.90. The van der Waals surface area contributed by atoms with Crippen molar-refractivity contribution in [1.82, 2.24) is 0 Å². The standard InChI is InChI=1S/C9H13N3O/c1-12(2)7-4-5-8(11-10)9(6-7)13-3/h4-6,10H,1-3H3. The fourth-order valence-electron chi connectivity index (χ4n) is 1.04. The first kappa shape index (κ1) is 9.51. The molecule has 0 unspecified atom stereocenters. The monoisotopic (exact) mass is 179 g/mol. The average Bonchev–Trinajstić information content (AvgIpc) is 2.16. The Balaban J connectivity index is 3.12. The summed E-state index contributed by atoms with van der Waals surface area (Å²) in [6.07, 6.45) is 0. The van der Waals surface area contributed by atoms with Crippen molar-refractivity contribution in [3.63, 3.8) is 0 Å². The Bertz CT molecular complexity index is 310. The number of nitrogens with zero attached hydrogens (tertiary/aromatic N) is 2. The molecule has 0 aliphatic carbocycles. The van der Waals surface area contributed by atoms with Gasteiger partial charge in [-0.25, -0.2) is 5.53 Å². The molecule has 13 heavy (non-hydrogen) atoms. The largest absolute Gasteiger partial charge is 0.494 e. The van der Waals surface area contributed by atoms with Crippen LogP contribution in [0.2, 0.25) is 0 Å². The van der Waals surface area contributed by atoms with Crippen LogP contribution in [0.4, 0.5) is 11.4 Å². The Labute approximate surface area is 77.6 Å². The summed E-state index contributed by atoms with van der Waals surface area (Å²) >= 11 is 0. The van der Waals surface area contributed by atoms with Crippen molar-refractivity contribution in [2.75, 3.05) is 26.1 Å². The lowest BCUT2D eigenvalue weighted by atomic mass is 10.2. The first-order chi connectivity index (χ1) is 6.19. The van der Waals surface area contributed by atoms with E-state index in [2.05, 4.69) is 5.11 Å². The lowest BCUT2D eigenvalue weighted by Gasteiger charge is -2.13. The van der Waals surface area contributed by atoms with Gasteiger partial charge in [0.15, 0.2) is 0 Å². The van der Waals surface area contributed by atoms with E-state index >= 15 is 0 Å². The molecule has 0 spiro atoms. The van der Waals surface area contributed by atoms with E-state index in [1.807, 2.05) is 31.1 Å². The third-order valence-electron chi connectivity index (χ3n) is 1.80. The molecule has 70 valence electrons. The lowest BCUT2D eigenvalue weighted by Crippen LogP contribution is -2.08. The van der Waals surface area contributed by atoms with E-state index in [-0.39, 0.29) is 0 Å². The molecule has 0 saturated heterocycles. The van der Waals surface area contributed by atoms with Crippen LogP contribution in [0.5, 0.6) is 5.75 Å². The number of hydrogen-bond acceptors (Lipinski definition) is 4. The van der Waals surface area contributed by atoms with Crippen molar-refractivity contribution in [2.45, 2.75) is 0 Å². The van der Waals surface area contributed by atoms with Crippen LogP contribution in [0.25, 0.3) is 0 Å². The molecule has 0 aliphatic rings. The third-order valence-corrected chi connectivity index (χ3v) is 1.80. The van der Waals surface area contributed by atoms with E-state index in [0.717, 1.165) is 5.69 Å². The van der Waals surface area contributed by atoms with Crippen molar-refractivity contribution >= 4 is 11.4 Å². The molecule has 0 bridgehead atoms. The minimum Gasteiger partial charge on any atom is -0.494 e. The molecule has 0 aromatic heterocycles. The van der Waals surface area contributed by atoms with Gasteiger partial charge >= 0.3 is 0 Å². The maximum atomic E-state index is 6.90. The Morgan fingerprint density at radius 1 is 1.38 bits per heavy atom. The Hall–Kier alpha value is -1.58. The van der Waals surface area contributed by atoms with Gasteiger partial charge in [0.2, 0.25) is 0 Å². The predicted octanol–water partition coefficient (Wildman–Crippen LogP) is 2.42. The summed E-state index contributed by atoms with van der Waals surface area (Å²) in [5, 5.41) is 3.35. The summed E-state index contributed by atoms with van der Waals surface area (Å²) in [6, 6.07) is 5.52. The molecular weight excluding hydrogens is 166 g/mol. The zero-order valence-electron chi connectivity index (χ0n) is 8.03. The summed E-state index contributed by atoms with van der Waals surface area (Å²) in [5.74, 6) is 0.626. The third kappa shape index (κ3) is 1.96. The quantitative estimate of drug-likeness (QED) is 0.724. The highest BCUT2D eigenvalue weighted by Crippen LogP contribution is 2.30. The van der Waals surface area contributed by atoms with Crippen molar-refractivity contribution in [2.24, 2.45) is 5.11 Å². The maximum Gasteiger partial charge on any atom is 0.148 e. The van der Waals surface area contributed by atoms with Crippen LogP contribution >= 0.6 is 0 Å². The van der Waals surface area contributed by atoms with Gasteiger partial charge in [-0.3, -0.25) is 0 Å². The second-order valence-corrected chi connectivity index (χ2v) is 2.86. The summed E-state index contributed by atoms with van der Waals surface area (Å²) < 4.78 is 5.09. The minimum atomic E-state index is 0.549. The number of hydrogen-bond donors (Lipinski definition) is 1. The van der Waals surface area contributed by atoms with Gasteiger partial charge in [0.05, 0.1) is 7.11 Å². The molecule has 0 atom stereocenters. The SMILES string of the molecule is COc1cc(N(C)C)ccc1N=N. The van der Waals surface area contributed by atoms with Crippen molar-refractivity contribution in [1.29, 1.82) is 5.53 Å². The number of ether oxygens (including phenoxy) is 1. The van der Waals surface area contributed by atoms with Crippen LogP contribution in [-0.2, 0) is 0 Å². The molecule has 0 saturated carbocycles. The highest BCUT2D eigenvalue weighted by Gasteiger charge is 2.03.